The summed E-state index contributed by atoms with van der Waals surface area (Å²) >= 11 is 0. The number of hydrogen-bond donors (Lipinski definition) is 0. The third kappa shape index (κ3) is 3.29. The number of ether oxygens (including phenoxy) is 2. The van der Waals surface area contributed by atoms with Gasteiger partial charge in [0.2, 0.25) is 5.91 Å². The monoisotopic (exact) mass is 325 g/mol. The molecule has 1 heterocycles. The number of carbonyl (C=O) groups excluding carboxylic acids is 1. The molecule has 3 rings (SSSR count). The Morgan fingerprint density at radius 2 is 2.00 bits per heavy atom. The Labute approximate surface area is 143 Å². The second kappa shape index (κ2) is 7.49. The van der Waals surface area contributed by atoms with Crippen molar-refractivity contribution in [3.05, 3.63) is 48.5 Å². The van der Waals surface area contributed by atoms with Gasteiger partial charge < -0.3 is 9.47 Å². The van der Waals surface area contributed by atoms with Crippen molar-refractivity contribution >= 4 is 11.6 Å². The maximum Gasteiger partial charge on any atom is 0.226 e. The number of hydrogen-bond acceptors (Lipinski definition) is 3. The molecule has 0 aliphatic carbocycles. The normalized spacial score (nSPS) is 16.4. The highest BCUT2D eigenvalue weighted by atomic mass is 16.6. The summed E-state index contributed by atoms with van der Waals surface area (Å²) in [5, 5.41) is 0. The first kappa shape index (κ1) is 16.5. The average molecular weight is 325 g/mol. The minimum Gasteiger partial charge on any atom is -0.487 e. The van der Waals surface area contributed by atoms with Crippen molar-refractivity contribution in [3.63, 3.8) is 0 Å². The summed E-state index contributed by atoms with van der Waals surface area (Å²) in [6.07, 6.45) is 1.64. The van der Waals surface area contributed by atoms with Crippen LogP contribution in [0.1, 0.15) is 26.7 Å². The lowest BCUT2D eigenvalue weighted by atomic mass is 10.0. The van der Waals surface area contributed by atoms with Gasteiger partial charge in [-0.1, -0.05) is 55.8 Å². The smallest absolute Gasteiger partial charge is 0.226 e. The average Bonchev–Trinajstić information content (AvgIpc) is 2.61. The minimum absolute atomic E-state index is 0.0376. The van der Waals surface area contributed by atoms with E-state index in [4.69, 9.17) is 9.47 Å². The number of rotatable bonds is 5. The first-order valence-electron chi connectivity index (χ1n) is 8.45. The molecule has 2 aromatic carbocycles. The van der Waals surface area contributed by atoms with Crippen LogP contribution >= 0.6 is 0 Å². The van der Waals surface area contributed by atoms with E-state index in [9.17, 15) is 4.79 Å². The van der Waals surface area contributed by atoms with E-state index in [-0.39, 0.29) is 12.1 Å². The third-order valence-electron chi connectivity index (χ3n) is 4.14. The quantitative estimate of drug-likeness (QED) is 0.772. The highest BCUT2D eigenvalue weighted by Gasteiger charge is 2.33. The van der Waals surface area contributed by atoms with Crippen molar-refractivity contribution in [2.24, 2.45) is 0 Å². The topological polar surface area (TPSA) is 38.8 Å². The van der Waals surface area contributed by atoms with Crippen LogP contribution in [0.3, 0.4) is 0 Å². The molecule has 0 radical (unpaired) electrons. The summed E-state index contributed by atoms with van der Waals surface area (Å²) in [5.41, 5.74) is 2.83. The van der Waals surface area contributed by atoms with Gasteiger partial charge in [0.25, 0.3) is 0 Å². The molecule has 1 atom stereocenters. The fraction of sp³-hybridized carbons (Fsp3) is 0.350. The number of para-hydroxylation sites is 1. The highest BCUT2D eigenvalue weighted by Crippen LogP contribution is 2.42. The maximum atomic E-state index is 12.4. The third-order valence-corrected chi connectivity index (χ3v) is 4.14. The van der Waals surface area contributed by atoms with E-state index in [1.807, 2.05) is 48.5 Å². The summed E-state index contributed by atoms with van der Waals surface area (Å²) < 4.78 is 11.8. The second-order valence-electron chi connectivity index (χ2n) is 5.90. The van der Waals surface area contributed by atoms with E-state index in [2.05, 4.69) is 6.92 Å². The number of amides is 1. The largest absolute Gasteiger partial charge is 0.487 e. The maximum absolute atomic E-state index is 12.4. The van der Waals surface area contributed by atoms with E-state index in [0.717, 1.165) is 35.4 Å². The molecule has 0 N–H and O–H groups in total. The zero-order chi connectivity index (χ0) is 16.9. The lowest BCUT2D eigenvalue weighted by Crippen LogP contribution is -2.47. The molecule has 4 heteroatoms. The number of benzene rings is 2. The van der Waals surface area contributed by atoms with Crippen LogP contribution in [-0.2, 0) is 9.53 Å². The molecule has 1 aliphatic rings. The Morgan fingerprint density at radius 1 is 1.21 bits per heavy atom. The zero-order valence-electron chi connectivity index (χ0n) is 14.2. The molecule has 0 aromatic heterocycles. The molecule has 0 spiro atoms. The lowest BCUT2D eigenvalue weighted by molar-refractivity contribution is -0.120. The Kier molecular flexibility index (Phi) is 5.16. The van der Waals surface area contributed by atoms with E-state index in [1.54, 1.807) is 11.8 Å². The molecule has 24 heavy (non-hydrogen) atoms. The predicted molar refractivity (Wildman–Crippen MR) is 95.2 cm³/mol. The van der Waals surface area contributed by atoms with Crippen molar-refractivity contribution in [2.75, 3.05) is 18.1 Å². The Bertz CT molecular complexity index is 699. The van der Waals surface area contributed by atoms with Crippen molar-refractivity contribution < 1.29 is 14.3 Å². The van der Waals surface area contributed by atoms with Gasteiger partial charge in [-0.05, 0) is 18.1 Å². The lowest BCUT2D eigenvalue weighted by Gasteiger charge is -2.37. The van der Waals surface area contributed by atoms with Crippen LogP contribution in [0.5, 0.6) is 5.75 Å². The van der Waals surface area contributed by atoms with Crippen molar-refractivity contribution in [1.29, 1.82) is 0 Å². The van der Waals surface area contributed by atoms with Crippen LogP contribution in [0.15, 0.2) is 48.5 Å². The first-order valence-corrected chi connectivity index (χ1v) is 8.45. The molecule has 0 bridgehead atoms. The zero-order valence-corrected chi connectivity index (χ0v) is 14.2. The van der Waals surface area contributed by atoms with Crippen molar-refractivity contribution in [1.82, 2.24) is 0 Å². The van der Waals surface area contributed by atoms with Gasteiger partial charge in [-0.15, -0.1) is 0 Å². The first-order chi connectivity index (χ1) is 11.7. The standard InChI is InChI=1S/C20H23NO3/c1-3-4-13-23-19-14-24-18-12-8-11-17(16-9-6-5-7-10-16)20(18)21(19)15(2)22/h5-12,19H,3-4,13-14H2,1-2H3. The Balaban J connectivity index is 2.02. The van der Waals surface area contributed by atoms with Gasteiger partial charge in [-0.2, -0.15) is 0 Å². The number of anilines is 1. The van der Waals surface area contributed by atoms with Crippen molar-refractivity contribution in [2.45, 2.75) is 32.9 Å². The molecule has 0 saturated heterocycles. The molecule has 0 fully saturated rings. The molecule has 126 valence electrons. The summed E-state index contributed by atoms with van der Waals surface area (Å²) in [5.74, 6) is 0.686. The summed E-state index contributed by atoms with van der Waals surface area (Å²) in [6.45, 7) is 4.67. The fourth-order valence-electron chi connectivity index (χ4n) is 2.96. The fourth-order valence-corrected chi connectivity index (χ4v) is 2.96. The minimum atomic E-state index is -0.383. The van der Waals surface area contributed by atoms with Crippen LogP contribution in [0, 0.1) is 0 Å². The molecule has 1 aliphatic heterocycles. The van der Waals surface area contributed by atoms with E-state index in [0.29, 0.717) is 13.2 Å². The second-order valence-corrected chi connectivity index (χ2v) is 5.90. The molecule has 1 amide bonds. The molecule has 4 nitrogen and oxygen atoms in total. The highest BCUT2D eigenvalue weighted by molar-refractivity contribution is 5.99. The van der Waals surface area contributed by atoms with Crippen molar-refractivity contribution in [3.8, 4) is 16.9 Å². The predicted octanol–water partition coefficient (Wildman–Crippen LogP) is 4.24. The van der Waals surface area contributed by atoms with Crippen LogP contribution < -0.4 is 9.64 Å². The van der Waals surface area contributed by atoms with Crippen LogP contribution in [0.25, 0.3) is 11.1 Å². The molecular weight excluding hydrogens is 302 g/mol. The summed E-state index contributed by atoms with van der Waals surface area (Å²) in [7, 11) is 0. The molecule has 2 aromatic rings. The number of nitrogens with zero attached hydrogens (tertiary/aromatic N) is 1. The number of unbranched alkanes of at least 4 members (excludes halogenated alkanes) is 1. The van der Waals surface area contributed by atoms with Gasteiger partial charge in [-0.25, -0.2) is 0 Å². The van der Waals surface area contributed by atoms with Crippen LogP contribution in [-0.4, -0.2) is 25.3 Å². The molecule has 1 unspecified atom stereocenters. The Morgan fingerprint density at radius 3 is 2.71 bits per heavy atom. The van der Waals surface area contributed by atoms with E-state index >= 15 is 0 Å². The van der Waals surface area contributed by atoms with Gasteiger partial charge in [0.15, 0.2) is 6.23 Å². The van der Waals surface area contributed by atoms with E-state index < -0.39 is 0 Å². The van der Waals surface area contributed by atoms with Crippen LogP contribution in [0.4, 0.5) is 5.69 Å². The van der Waals surface area contributed by atoms with Crippen LogP contribution in [0.2, 0.25) is 0 Å². The van der Waals surface area contributed by atoms with Gasteiger partial charge in [0.1, 0.15) is 12.4 Å². The Hall–Kier alpha value is -2.33. The van der Waals surface area contributed by atoms with Gasteiger partial charge in [0, 0.05) is 19.1 Å². The molecular formula is C20H23NO3. The number of fused-ring (bicyclic) bond motifs is 1. The number of carbonyl (C=O) groups is 1. The van der Waals surface area contributed by atoms with Gasteiger partial charge >= 0.3 is 0 Å². The SMILES string of the molecule is CCCCOC1COc2cccc(-c3ccccc3)c2N1C(C)=O. The summed E-state index contributed by atoms with van der Waals surface area (Å²) in [4.78, 5) is 14.1. The van der Waals surface area contributed by atoms with Gasteiger partial charge in [-0.3, -0.25) is 9.69 Å². The molecule has 0 saturated carbocycles. The van der Waals surface area contributed by atoms with E-state index in [1.165, 1.54) is 0 Å². The van der Waals surface area contributed by atoms with Gasteiger partial charge in [0.05, 0.1) is 5.69 Å². The summed E-state index contributed by atoms with van der Waals surface area (Å²) in [6, 6.07) is 15.9.